The lowest BCUT2D eigenvalue weighted by Gasteiger charge is -2.11. The van der Waals surface area contributed by atoms with Gasteiger partial charge in [-0.15, -0.1) is 0 Å². The monoisotopic (exact) mass is 376 g/mol. The number of amides is 1. The van der Waals surface area contributed by atoms with E-state index in [2.05, 4.69) is 10.3 Å². The van der Waals surface area contributed by atoms with E-state index in [1.165, 1.54) is 12.1 Å². The standard InChI is InChI=1S/C22H14ClFN2O/c23-19-10-3-1-9-17(19)21-13-18(16-8-2-4-11-20(16)26-21)22(27)25-15-7-5-6-14(24)12-15/h1-13H,(H,25,27). The summed E-state index contributed by atoms with van der Waals surface area (Å²) in [4.78, 5) is 17.6. The van der Waals surface area contributed by atoms with Crippen molar-refractivity contribution in [2.45, 2.75) is 0 Å². The molecule has 0 fully saturated rings. The van der Waals surface area contributed by atoms with Crippen LogP contribution in [-0.4, -0.2) is 10.9 Å². The zero-order valence-corrected chi connectivity index (χ0v) is 14.9. The van der Waals surface area contributed by atoms with Crippen LogP contribution in [0.2, 0.25) is 5.02 Å². The quantitative estimate of drug-likeness (QED) is 0.480. The van der Waals surface area contributed by atoms with Crippen molar-refractivity contribution in [3.63, 3.8) is 0 Å². The van der Waals surface area contributed by atoms with Gasteiger partial charge < -0.3 is 5.32 Å². The summed E-state index contributed by atoms with van der Waals surface area (Å²) in [6.45, 7) is 0. The molecule has 4 rings (SSSR count). The number of nitrogens with zero attached hydrogens (tertiary/aromatic N) is 1. The number of pyridine rings is 1. The smallest absolute Gasteiger partial charge is 0.256 e. The van der Waals surface area contributed by atoms with Gasteiger partial charge in [0.2, 0.25) is 0 Å². The highest BCUT2D eigenvalue weighted by Gasteiger charge is 2.15. The van der Waals surface area contributed by atoms with Crippen molar-refractivity contribution in [2.75, 3.05) is 5.32 Å². The van der Waals surface area contributed by atoms with Crippen molar-refractivity contribution in [1.82, 2.24) is 4.98 Å². The van der Waals surface area contributed by atoms with Crippen molar-refractivity contribution in [2.24, 2.45) is 0 Å². The third-order valence-corrected chi connectivity index (χ3v) is 4.52. The van der Waals surface area contributed by atoms with E-state index in [-0.39, 0.29) is 5.91 Å². The van der Waals surface area contributed by atoms with Crippen molar-refractivity contribution in [3.05, 3.63) is 95.3 Å². The molecule has 0 aliphatic heterocycles. The highest BCUT2D eigenvalue weighted by atomic mass is 35.5. The molecule has 1 aromatic heterocycles. The first-order valence-corrected chi connectivity index (χ1v) is 8.71. The zero-order valence-electron chi connectivity index (χ0n) is 14.1. The van der Waals surface area contributed by atoms with Crippen LogP contribution >= 0.6 is 11.6 Å². The average molecular weight is 377 g/mol. The Morgan fingerprint density at radius 3 is 2.52 bits per heavy atom. The normalized spacial score (nSPS) is 10.7. The molecule has 1 N–H and O–H groups in total. The molecule has 27 heavy (non-hydrogen) atoms. The molecule has 0 saturated heterocycles. The maximum atomic E-state index is 13.4. The fraction of sp³-hybridized carbons (Fsp3) is 0. The SMILES string of the molecule is O=C(Nc1cccc(F)c1)c1cc(-c2ccccc2Cl)nc2ccccc12. The number of fused-ring (bicyclic) bond motifs is 1. The van der Waals surface area contributed by atoms with E-state index in [9.17, 15) is 9.18 Å². The molecule has 132 valence electrons. The van der Waals surface area contributed by atoms with Crippen molar-refractivity contribution in [3.8, 4) is 11.3 Å². The molecule has 3 aromatic carbocycles. The topological polar surface area (TPSA) is 42.0 Å². The van der Waals surface area contributed by atoms with E-state index in [1.54, 1.807) is 24.3 Å². The molecule has 1 amide bonds. The molecule has 0 aliphatic rings. The molecule has 0 aliphatic carbocycles. The highest BCUT2D eigenvalue weighted by molar-refractivity contribution is 6.33. The van der Waals surface area contributed by atoms with Gasteiger partial charge in [-0.3, -0.25) is 4.79 Å². The van der Waals surface area contributed by atoms with E-state index in [0.717, 1.165) is 5.56 Å². The van der Waals surface area contributed by atoms with Crippen LogP contribution in [0.4, 0.5) is 10.1 Å². The summed E-state index contributed by atoms with van der Waals surface area (Å²) in [6.07, 6.45) is 0. The molecule has 0 radical (unpaired) electrons. The van der Waals surface area contributed by atoms with Gasteiger partial charge in [0.05, 0.1) is 16.8 Å². The lowest BCUT2D eigenvalue weighted by atomic mass is 10.0. The van der Waals surface area contributed by atoms with E-state index < -0.39 is 5.82 Å². The van der Waals surface area contributed by atoms with Crippen molar-refractivity contribution >= 4 is 34.1 Å². The fourth-order valence-electron chi connectivity index (χ4n) is 2.93. The largest absolute Gasteiger partial charge is 0.322 e. The van der Waals surface area contributed by atoms with Gasteiger partial charge >= 0.3 is 0 Å². The predicted octanol–water partition coefficient (Wildman–Crippen LogP) is 5.95. The maximum absolute atomic E-state index is 13.4. The molecule has 0 unspecified atom stereocenters. The summed E-state index contributed by atoms with van der Waals surface area (Å²) in [7, 11) is 0. The van der Waals surface area contributed by atoms with Gasteiger partial charge in [0.1, 0.15) is 5.82 Å². The van der Waals surface area contributed by atoms with Crippen molar-refractivity contribution < 1.29 is 9.18 Å². The Labute approximate surface area is 160 Å². The van der Waals surface area contributed by atoms with Crippen molar-refractivity contribution in [1.29, 1.82) is 0 Å². The van der Waals surface area contributed by atoms with E-state index in [4.69, 9.17) is 11.6 Å². The molecule has 0 saturated carbocycles. The summed E-state index contributed by atoms with van der Waals surface area (Å²) in [5.74, 6) is -0.753. The average Bonchev–Trinajstić information content (AvgIpc) is 2.67. The number of nitrogens with one attached hydrogen (secondary N) is 1. The second-order valence-corrected chi connectivity index (χ2v) is 6.42. The minimum absolute atomic E-state index is 0.340. The van der Waals surface area contributed by atoms with Gasteiger partial charge in [0.15, 0.2) is 0 Å². The number of hydrogen-bond donors (Lipinski definition) is 1. The maximum Gasteiger partial charge on any atom is 0.256 e. The highest BCUT2D eigenvalue weighted by Crippen LogP contribution is 2.30. The number of benzene rings is 3. The number of carbonyl (C=O) groups excluding carboxylic acids is 1. The first-order chi connectivity index (χ1) is 13.1. The zero-order chi connectivity index (χ0) is 18.8. The number of carbonyl (C=O) groups is 1. The van der Waals surface area contributed by atoms with Crippen LogP contribution in [0.5, 0.6) is 0 Å². The van der Waals surface area contributed by atoms with Crippen LogP contribution in [0.3, 0.4) is 0 Å². The predicted molar refractivity (Wildman–Crippen MR) is 107 cm³/mol. The summed E-state index contributed by atoms with van der Waals surface area (Å²) in [5, 5.41) is 4.01. The van der Waals surface area contributed by atoms with Crippen LogP contribution < -0.4 is 5.32 Å². The van der Waals surface area contributed by atoms with Crippen LogP contribution in [0.1, 0.15) is 10.4 Å². The molecule has 4 aromatic rings. The minimum atomic E-state index is -0.413. The van der Waals surface area contributed by atoms with Crippen LogP contribution in [0.25, 0.3) is 22.2 Å². The molecule has 3 nitrogen and oxygen atoms in total. The second kappa shape index (κ2) is 7.17. The Morgan fingerprint density at radius 1 is 0.926 bits per heavy atom. The summed E-state index contributed by atoms with van der Waals surface area (Å²) >= 11 is 6.31. The van der Waals surface area contributed by atoms with Gasteiger partial charge in [0, 0.05) is 21.7 Å². The summed E-state index contributed by atoms with van der Waals surface area (Å²) < 4.78 is 13.4. The Hall–Kier alpha value is -3.24. The van der Waals surface area contributed by atoms with Gasteiger partial charge in [-0.2, -0.15) is 0 Å². The lowest BCUT2D eigenvalue weighted by Crippen LogP contribution is -2.13. The Bertz CT molecular complexity index is 1160. The minimum Gasteiger partial charge on any atom is -0.322 e. The number of para-hydroxylation sites is 1. The summed E-state index contributed by atoms with van der Waals surface area (Å²) in [6, 6.07) is 22.2. The molecule has 1 heterocycles. The van der Waals surface area contributed by atoms with E-state index in [0.29, 0.717) is 32.9 Å². The second-order valence-electron chi connectivity index (χ2n) is 6.02. The number of hydrogen-bond acceptors (Lipinski definition) is 2. The first-order valence-electron chi connectivity index (χ1n) is 8.33. The summed E-state index contributed by atoms with van der Waals surface area (Å²) in [5.41, 5.74) is 2.85. The lowest BCUT2D eigenvalue weighted by molar-refractivity contribution is 0.102. The first kappa shape index (κ1) is 17.2. The molecular formula is C22H14ClFN2O. The molecule has 0 spiro atoms. The van der Waals surface area contributed by atoms with Crippen LogP contribution in [0, 0.1) is 5.82 Å². The molecule has 0 atom stereocenters. The molecular weight excluding hydrogens is 363 g/mol. The Morgan fingerprint density at radius 2 is 1.70 bits per heavy atom. The van der Waals surface area contributed by atoms with Gasteiger partial charge in [-0.05, 0) is 36.4 Å². The van der Waals surface area contributed by atoms with E-state index in [1.807, 2.05) is 42.5 Å². The van der Waals surface area contributed by atoms with Crippen LogP contribution in [0.15, 0.2) is 78.9 Å². The van der Waals surface area contributed by atoms with Gasteiger partial charge in [-0.25, -0.2) is 9.37 Å². The van der Waals surface area contributed by atoms with Crippen LogP contribution in [-0.2, 0) is 0 Å². The number of anilines is 1. The molecule has 5 heteroatoms. The molecule has 0 bridgehead atoms. The Kier molecular flexibility index (Phi) is 4.57. The van der Waals surface area contributed by atoms with Gasteiger partial charge in [-0.1, -0.05) is 54.1 Å². The Balaban J connectivity index is 1.83. The number of rotatable bonds is 3. The fourth-order valence-corrected chi connectivity index (χ4v) is 3.17. The third kappa shape index (κ3) is 3.52. The number of halogens is 2. The van der Waals surface area contributed by atoms with E-state index >= 15 is 0 Å². The van der Waals surface area contributed by atoms with Gasteiger partial charge in [0.25, 0.3) is 5.91 Å². The third-order valence-electron chi connectivity index (χ3n) is 4.19. The number of aromatic nitrogens is 1.